The van der Waals surface area contributed by atoms with Crippen molar-refractivity contribution in [1.82, 2.24) is 0 Å². The maximum Gasteiger partial charge on any atom is 0.469 e. The van der Waals surface area contributed by atoms with Crippen LogP contribution in [0.25, 0.3) is 0 Å². The molecule has 0 aliphatic carbocycles. The summed E-state index contributed by atoms with van der Waals surface area (Å²) in [6.45, 7) is 3.10. The summed E-state index contributed by atoms with van der Waals surface area (Å²) in [5.74, 6) is -0.949. The largest absolute Gasteiger partial charge is 0.469 e. The molecule has 0 saturated carbocycles. The van der Waals surface area contributed by atoms with Gasteiger partial charge in [0.1, 0.15) is 6.61 Å². The quantitative estimate of drug-likeness (QED) is 0.156. The predicted molar refractivity (Wildman–Crippen MR) is 105 cm³/mol. The smallest absolute Gasteiger partial charge is 0.462 e. The van der Waals surface area contributed by atoms with Gasteiger partial charge in [-0.05, 0) is 32.6 Å². The zero-order valence-electron chi connectivity index (χ0n) is 17.0. The van der Waals surface area contributed by atoms with Crippen molar-refractivity contribution in [2.75, 3.05) is 13.2 Å². The van der Waals surface area contributed by atoms with E-state index in [4.69, 9.17) is 19.3 Å². The second-order valence-corrected chi connectivity index (χ2v) is 7.80. The van der Waals surface area contributed by atoms with Crippen LogP contribution in [0, 0.1) is 0 Å². The molecule has 0 saturated heterocycles. The molecule has 164 valence electrons. The minimum atomic E-state index is -4.71. The molecule has 0 aliphatic rings. The second-order valence-electron chi connectivity index (χ2n) is 6.56. The third-order valence-electron chi connectivity index (χ3n) is 3.88. The Hall–Kier alpha value is -1.21. The predicted octanol–water partition coefficient (Wildman–Crippen LogP) is 4.05. The first-order valence-electron chi connectivity index (χ1n) is 9.94. The van der Waals surface area contributed by atoms with Crippen LogP contribution in [0.5, 0.6) is 0 Å². The van der Waals surface area contributed by atoms with Gasteiger partial charge in [-0.3, -0.25) is 14.1 Å². The van der Waals surface area contributed by atoms with E-state index in [2.05, 4.69) is 10.6 Å². The molecule has 0 rings (SSSR count). The summed E-state index contributed by atoms with van der Waals surface area (Å²) in [5, 5.41) is 0. The summed E-state index contributed by atoms with van der Waals surface area (Å²) in [5.41, 5.74) is 0. The number of carbonyl (C=O) groups is 2. The molecule has 2 N–H and O–H groups in total. The summed E-state index contributed by atoms with van der Waals surface area (Å²) >= 11 is 0. The molecule has 0 heterocycles. The monoisotopic (exact) mass is 422 g/mol. The first-order chi connectivity index (χ1) is 13.3. The number of esters is 2. The van der Waals surface area contributed by atoms with Gasteiger partial charge in [0.05, 0.1) is 6.61 Å². The Morgan fingerprint density at radius 3 is 2.25 bits per heavy atom. The summed E-state index contributed by atoms with van der Waals surface area (Å²) < 4.78 is 25.4. The van der Waals surface area contributed by atoms with Crippen molar-refractivity contribution in [1.29, 1.82) is 0 Å². The lowest BCUT2D eigenvalue weighted by molar-refractivity contribution is -0.161. The number of hydrogen-bond donors (Lipinski definition) is 2. The van der Waals surface area contributed by atoms with Gasteiger partial charge in [-0.15, -0.1) is 0 Å². The van der Waals surface area contributed by atoms with Crippen LogP contribution < -0.4 is 0 Å². The molecule has 0 aromatic carbocycles. The van der Waals surface area contributed by atoms with Crippen LogP contribution in [-0.2, 0) is 28.2 Å². The highest BCUT2D eigenvalue weighted by atomic mass is 31.2. The summed E-state index contributed by atoms with van der Waals surface area (Å²) in [7, 11) is -4.71. The lowest BCUT2D eigenvalue weighted by Crippen LogP contribution is -2.29. The first kappa shape index (κ1) is 26.8. The fraction of sp³-hybridized carbons (Fsp3) is 0.789. The molecule has 1 atom stereocenters. The normalized spacial score (nSPS) is 12.9. The van der Waals surface area contributed by atoms with Crippen LogP contribution in [-0.4, -0.2) is 41.0 Å². The molecule has 0 spiro atoms. The molecule has 9 heteroatoms. The van der Waals surface area contributed by atoms with Crippen molar-refractivity contribution < 1.29 is 37.9 Å². The molecule has 8 nitrogen and oxygen atoms in total. The van der Waals surface area contributed by atoms with Gasteiger partial charge < -0.3 is 19.3 Å². The molecule has 0 radical (unpaired) electrons. The van der Waals surface area contributed by atoms with E-state index in [-0.39, 0.29) is 19.4 Å². The van der Waals surface area contributed by atoms with Gasteiger partial charge in [0, 0.05) is 12.8 Å². The van der Waals surface area contributed by atoms with Crippen molar-refractivity contribution in [3.8, 4) is 0 Å². The number of carbonyl (C=O) groups excluding carboxylic acids is 2. The minimum Gasteiger partial charge on any atom is -0.462 e. The maximum atomic E-state index is 11.9. The maximum absolute atomic E-state index is 11.9. The zero-order valence-corrected chi connectivity index (χ0v) is 17.9. The number of phosphoric ester groups is 1. The number of ether oxygens (including phenoxy) is 2. The third kappa shape index (κ3) is 18.2. The van der Waals surface area contributed by atoms with E-state index in [1.165, 1.54) is 0 Å². The number of allylic oxidation sites excluding steroid dienone is 2. The fourth-order valence-electron chi connectivity index (χ4n) is 2.35. The molecular formula is C19H35O8P. The Morgan fingerprint density at radius 2 is 1.61 bits per heavy atom. The van der Waals surface area contributed by atoms with Gasteiger partial charge in [-0.2, -0.15) is 0 Å². The van der Waals surface area contributed by atoms with Crippen molar-refractivity contribution >= 4 is 19.8 Å². The SMILES string of the molecule is C/C=C\CCCCCCCC(=O)O[C@H](COC(=O)CCCC)COP(=O)(O)O. The minimum absolute atomic E-state index is 0.199. The van der Waals surface area contributed by atoms with Gasteiger partial charge in [0.25, 0.3) is 0 Å². The summed E-state index contributed by atoms with van der Waals surface area (Å²) in [6, 6.07) is 0. The van der Waals surface area contributed by atoms with Crippen LogP contribution in [0.2, 0.25) is 0 Å². The molecule has 0 aromatic heterocycles. The van der Waals surface area contributed by atoms with Crippen molar-refractivity contribution in [2.45, 2.75) is 84.2 Å². The Kier molecular flexibility index (Phi) is 16.0. The van der Waals surface area contributed by atoms with Crippen LogP contribution in [0.3, 0.4) is 0 Å². The second kappa shape index (κ2) is 16.7. The molecule has 0 bridgehead atoms. The highest BCUT2D eigenvalue weighted by molar-refractivity contribution is 7.46. The van der Waals surface area contributed by atoms with Crippen LogP contribution in [0.4, 0.5) is 0 Å². The van der Waals surface area contributed by atoms with Crippen molar-refractivity contribution in [2.24, 2.45) is 0 Å². The third-order valence-corrected chi connectivity index (χ3v) is 4.36. The molecule has 0 aromatic rings. The van der Waals surface area contributed by atoms with Gasteiger partial charge >= 0.3 is 19.8 Å². The van der Waals surface area contributed by atoms with Crippen LogP contribution >= 0.6 is 7.82 Å². The lowest BCUT2D eigenvalue weighted by atomic mass is 10.1. The van der Waals surface area contributed by atoms with Gasteiger partial charge in [-0.25, -0.2) is 4.57 Å². The van der Waals surface area contributed by atoms with Gasteiger partial charge in [0.15, 0.2) is 6.10 Å². The van der Waals surface area contributed by atoms with Gasteiger partial charge in [0.2, 0.25) is 0 Å². The Labute approximate surface area is 167 Å². The number of rotatable bonds is 17. The number of hydrogen-bond acceptors (Lipinski definition) is 6. The van der Waals surface area contributed by atoms with E-state index in [9.17, 15) is 14.2 Å². The molecule has 0 fully saturated rings. The lowest BCUT2D eigenvalue weighted by Gasteiger charge is -2.18. The number of phosphoric acid groups is 1. The zero-order chi connectivity index (χ0) is 21.3. The molecule has 0 amide bonds. The average Bonchev–Trinajstić information content (AvgIpc) is 2.63. The Balaban J connectivity index is 4.19. The fourth-order valence-corrected chi connectivity index (χ4v) is 2.71. The molecular weight excluding hydrogens is 387 g/mol. The van der Waals surface area contributed by atoms with E-state index < -0.39 is 32.5 Å². The first-order valence-corrected chi connectivity index (χ1v) is 11.5. The highest BCUT2D eigenvalue weighted by Gasteiger charge is 2.22. The van der Waals surface area contributed by atoms with E-state index >= 15 is 0 Å². The Bertz CT molecular complexity index is 500. The molecule has 0 aliphatic heterocycles. The van der Waals surface area contributed by atoms with E-state index in [1.54, 1.807) is 0 Å². The Morgan fingerprint density at radius 1 is 0.964 bits per heavy atom. The van der Waals surface area contributed by atoms with E-state index in [0.717, 1.165) is 38.5 Å². The van der Waals surface area contributed by atoms with Gasteiger partial charge in [-0.1, -0.05) is 44.8 Å². The van der Waals surface area contributed by atoms with E-state index in [1.807, 2.05) is 19.9 Å². The standard InChI is InChI=1S/C19H35O8P/c1-3-5-7-8-9-10-11-12-14-19(21)27-17(16-26-28(22,23)24)15-25-18(20)13-6-4-2/h3,5,17H,4,6-16H2,1-2H3,(H2,22,23,24)/b5-3-/t17-/m1/s1. The van der Waals surface area contributed by atoms with Crippen LogP contribution in [0.15, 0.2) is 12.2 Å². The summed E-state index contributed by atoms with van der Waals surface area (Å²) in [6.07, 6.45) is 11.0. The van der Waals surface area contributed by atoms with Crippen molar-refractivity contribution in [3.05, 3.63) is 12.2 Å². The summed E-state index contributed by atoms with van der Waals surface area (Å²) in [4.78, 5) is 41.1. The van der Waals surface area contributed by atoms with Crippen molar-refractivity contribution in [3.63, 3.8) is 0 Å². The molecule has 28 heavy (non-hydrogen) atoms. The van der Waals surface area contributed by atoms with E-state index in [0.29, 0.717) is 12.8 Å². The average molecular weight is 422 g/mol. The number of unbranched alkanes of at least 4 members (excludes halogenated alkanes) is 6. The molecule has 0 unspecified atom stereocenters. The van der Waals surface area contributed by atoms with Crippen LogP contribution in [0.1, 0.15) is 78.1 Å². The topological polar surface area (TPSA) is 119 Å². The highest BCUT2D eigenvalue weighted by Crippen LogP contribution is 2.35.